The summed E-state index contributed by atoms with van der Waals surface area (Å²) in [6.45, 7) is 6.28. The van der Waals surface area contributed by atoms with Crippen molar-refractivity contribution in [2.75, 3.05) is 0 Å². The van der Waals surface area contributed by atoms with Gasteiger partial charge in [0.05, 0.1) is 0 Å². The number of hydrogen-bond donors (Lipinski definition) is 0. The largest absolute Gasteiger partial charge is 0.122 e. The highest BCUT2D eigenvalue weighted by Gasteiger charge is 2.16. The second-order valence-electron chi connectivity index (χ2n) is 2.74. The van der Waals surface area contributed by atoms with Gasteiger partial charge in [0, 0.05) is 10.1 Å². The number of thioether (sulfide) groups is 1. The van der Waals surface area contributed by atoms with Gasteiger partial charge in [-0.1, -0.05) is 39.0 Å². The van der Waals surface area contributed by atoms with Crippen LogP contribution in [0.1, 0.15) is 26.3 Å². The van der Waals surface area contributed by atoms with Crippen LogP contribution < -0.4 is 0 Å². The predicted molar refractivity (Wildman–Crippen MR) is 56.8 cm³/mol. The fourth-order valence-corrected chi connectivity index (χ4v) is 2.51. The van der Waals surface area contributed by atoms with E-state index in [0.717, 1.165) is 5.25 Å². The van der Waals surface area contributed by atoms with Crippen molar-refractivity contribution in [3.63, 3.8) is 0 Å². The Morgan fingerprint density at radius 3 is 2.58 bits per heavy atom. The van der Waals surface area contributed by atoms with Crippen molar-refractivity contribution in [1.29, 1.82) is 0 Å². The molecule has 2 rings (SSSR count). The minimum absolute atomic E-state index is 0.789. The molecule has 1 aliphatic heterocycles. The summed E-state index contributed by atoms with van der Waals surface area (Å²) in [5.74, 6) is 0. The molecule has 1 heteroatoms. The fourth-order valence-electron chi connectivity index (χ4n) is 1.36. The first-order valence-electron chi connectivity index (χ1n) is 4.61. The van der Waals surface area contributed by atoms with E-state index in [0.29, 0.717) is 0 Å². The molecule has 0 amide bonds. The van der Waals surface area contributed by atoms with Crippen LogP contribution in [-0.2, 0) is 6.42 Å². The van der Waals surface area contributed by atoms with Crippen molar-refractivity contribution in [1.82, 2.24) is 0 Å². The highest BCUT2D eigenvalue weighted by molar-refractivity contribution is 8.00. The van der Waals surface area contributed by atoms with Gasteiger partial charge in [0.2, 0.25) is 0 Å². The SMILES string of the molecule is CC.CC1Cc2ccccc2S1. The third kappa shape index (κ3) is 2.04. The maximum absolute atomic E-state index is 2.28. The smallest absolute Gasteiger partial charge is 0.0107 e. The molecule has 1 aromatic carbocycles. The van der Waals surface area contributed by atoms with E-state index >= 15 is 0 Å². The maximum Gasteiger partial charge on any atom is 0.0107 e. The van der Waals surface area contributed by atoms with E-state index in [1.165, 1.54) is 16.9 Å². The predicted octanol–water partition coefficient (Wildman–Crippen LogP) is 3.75. The van der Waals surface area contributed by atoms with E-state index in [-0.39, 0.29) is 0 Å². The van der Waals surface area contributed by atoms with Crippen LogP contribution in [0.25, 0.3) is 0 Å². The average Bonchev–Trinajstić information content (AvgIpc) is 2.48. The molecule has 1 unspecified atom stereocenters. The fraction of sp³-hybridized carbons (Fsp3) is 0.455. The van der Waals surface area contributed by atoms with Gasteiger partial charge in [0.1, 0.15) is 0 Å². The molecule has 0 fully saturated rings. The molecule has 0 aromatic heterocycles. The number of fused-ring (bicyclic) bond motifs is 1. The van der Waals surface area contributed by atoms with Crippen LogP contribution in [0.5, 0.6) is 0 Å². The van der Waals surface area contributed by atoms with Gasteiger partial charge in [-0.2, -0.15) is 0 Å². The van der Waals surface area contributed by atoms with E-state index in [9.17, 15) is 0 Å². The van der Waals surface area contributed by atoms with E-state index < -0.39 is 0 Å². The summed E-state index contributed by atoms with van der Waals surface area (Å²) in [5, 5.41) is 0.789. The summed E-state index contributed by atoms with van der Waals surface area (Å²) in [6.07, 6.45) is 1.25. The van der Waals surface area contributed by atoms with Crippen molar-refractivity contribution < 1.29 is 0 Å². The minimum atomic E-state index is 0.789. The number of benzene rings is 1. The first kappa shape index (κ1) is 9.66. The minimum Gasteiger partial charge on any atom is -0.122 e. The van der Waals surface area contributed by atoms with Crippen LogP contribution in [0, 0.1) is 0 Å². The lowest BCUT2D eigenvalue weighted by molar-refractivity contribution is 0.960. The van der Waals surface area contributed by atoms with Crippen LogP contribution >= 0.6 is 11.8 Å². The molecule has 1 heterocycles. The molecule has 1 aromatic rings. The highest BCUT2D eigenvalue weighted by Crippen LogP contribution is 2.35. The van der Waals surface area contributed by atoms with Gasteiger partial charge in [-0.05, 0) is 18.1 Å². The van der Waals surface area contributed by atoms with Gasteiger partial charge >= 0.3 is 0 Å². The van der Waals surface area contributed by atoms with Gasteiger partial charge in [-0.3, -0.25) is 0 Å². The summed E-state index contributed by atoms with van der Waals surface area (Å²) in [7, 11) is 0. The molecule has 0 radical (unpaired) electrons. The molecule has 12 heavy (non-hydrogen) atoms. The summed E-state index contributed by atoms with van der Waals surface area (Å²) >= 11 is 1.99. The van der Waals surface area contributed by atoms with Crippen molar-refractivity contribution in [3.05, 3.63) is 29.8 Å². The molecule has 0 spiro atoms. The Hall–Kier alpha value is -0.430. The summed E-state index contributed by atoms with van der Waals surface area (Å²) in [5.41, 5.74) is 1.53. The first-order chi connectivity index (χ1) is 5.86. The maximum atomic E-state index is 2.28. The lowest BCUT2D eigenvalue weighted by Crippen LogP contribution is -1.90. The van der Waals surface area contributed by atoms with Crippen LogP contribution in [0.15, 0.2) is 29.2 Å². The Bertz CT molecular complexity index is 218. The zero-order valence-electron chi connectivity index (χ0n) is 8.00. The van der Waals surface area contributed by atoms with E-state index in [2.05, 4.69) is 31.2 Å². The van der Waals surface area contributed by atoms with Crippen LogP contribution in [0.2, 0.25) is 0 Å². The van der Waals surface area contributed by atoms with Crippen LogP contribution in [-0.4, -0.2) is 5.25 Å². The normalized spacial score (nSPS) is 19.4. The van der Waals surface area contributed by atoms with Gasteiger partial charge in [0.25, 0.3) is 0 Å². The van der Waals surface area contributed by atoms with Crippen molar-refractivity contribution in [2.24, 2.45) is 0 Å². The van der Waals surface area contributed by atoms with Crippen LogP contribution in [0.4, 0.5) is 0 Å². The van der Waals surface area contributed by atoms with E-state index in [1.54, 1.807) is 0 Å². The Kier molecular flexibility index (Phi) is 3.67. The van der Waals surface area contributed by atoms with Crippen molar-refractivity contribution in [2.45, 2.75) is 37.3 Å². The van der Waals surface area contributed by atoms with Crippen molar-refractivity contribution >= 4 is 11.8 Å². The Morgan fingerprint density at radius 1 is 1.25 bits per heavy atom. The topological polar surface area (TPSA) is 0 Å². The standard InChI is InChI=1S/C9H10S.C2H6/c1-7-6-8-4-2-3-5-9(8)10-7;1-2/h2-5,7H,6H2,1H3;1-2H3. The molecule has 0 saturated heterocycles. The molecule has 0 bridgehead atoms. The Balaban J connectivity index is 0.000000336. The molecule has 1 aliphatic rings. The monoisotopic (exact) mass is 180 g/mol. The quantitative estimate of drug-likeness (QED) is 0.586. The molecular weight excluding hydrogens is 164 g/mol. The summed E-state index contributed by atoms with van der Waals surface area (Å²) < 4.78 is 0. The zero-order valence-corrected chi connectivity index (χ0v) is 8.82. The lowest BCUT2D eigenvalue weighted by atomic mass is 10.1. The molecule has 0 saturated carbocycles. The molecular formula is C11H16S. The van der Waals surface area contributed by atoms with Gasteiger partial charge in [0.15, 0.2) is 0 Å². The van der Waals surface area contributed by atoms with E-state index in [1.807, 2.05) is 25.6 Å². The Morgan fingerprint density at radius 2 is 1.92 bits per heavy atom. The molecule has 0 aliphatic carbocycles. The molecule has 66 valence electrons. The van der Waals surface area contributed by atoms with Crippen LogP contribution in [0.3, 0.4) is 0 Å². The summed E-state index contributed by atoms with van der Waals surface area (Å²) in [6, 6.07) is 8.68. The molecule has 1 atom stereocenters. The Labute approximate surface area is 79.4 Å². The lowest BCUT2D eigenvalue weighted by Gasteiger charge is -1.93. The van der Waals surface area contributed by atoms with Crippen molar-refractivity contribution in [3.8, 4) is 0 Å². The van der Waals surface area contributed by atoms with E-state index in [4.69, 9.17) is 0 Å². The van der Waals surface area contributed by atoms with Gasteiger partial charge in [-0.15, -0.1) is 11.8 Å². The summed E-state index contributed by atoms with van der Waals surface area (Å²) in [4.78, 5) is 1.48. The van der Waals surface area contributed by atoms with Gasteiger partial charge < -0.3 is 0 Å². The second-order valence-corrected chi connectivity index (χ2v) is 4.22. The highest BCUT2D eigenvalue weighted by atomic mass is 32.2. The molecule has 0 nitrogen and oxygen atoms in total. The number of rotatable bonds is 0. The third-order valence-corrected chi connectivity index (χ3v) is 3.03. The third-order valence-electron chi connectivity index (χ3n) is 1.81. The average molecular weight is 180 g/mol. The molecule has 0 N–H and O–H groups in total. The second kappa shape index (κ2) is 4.56. The first-order valence-corrected chi connectivity index (χ1v) is 5.49. The number of hydrogen-bond acceptors (Lipinski definition) is 1. The zero-order chi connectivity index (χ0) is 8.97. The van der Waals surface area contributed by atoms with Gasteiger partial charge in [-0.25, -0.2) is 0 Å².